The standard InChI is InChI=1S/C13H16N2O2/c1-10(2)15(3)13(17)12-7-11(5-4-6-16)8-14-9-12/h7-10,16H,6H2,1-3H3. The van der Waals surface area contributed by atoms with Gasteiger partial charge in [0.25, 0.3) is 5.91 Å². The van der Waals surface area contributed by atoms with Crippen LogP contribution in [0.25, 0.3) is 0 Å². The minimum absolute atomic E-state index is 0.0832. The number of hydrogen-bond donors (Lipinski definition) is 1. The molecule has 0 aliphatic rings. The number of pyridine rings is 1. The van der Waals surface area contributed by atoms with Crippen LogP contribution in [0.4, 0.5) is 0 Å². The van der Waals surface area contributed by atoms with Crippen LogP contribution in [0.2, 0.25) is 0 Å². The van der Waals surface area contributed by atoms with E-state index in [1.165, 1.54) is 6.20 Å². The molecule has 0 saturated heterocycles. The summed E-state index contributed by atoms with van der Waals surface area (Å²) in [6.45, 7) is 3.69. The maximum Gasteiger partial charge on any atom is 0.255 e. The van der Waals surface area contributed by atoms with Crippen molar-refractivity contribution in [2.24, 2.45) is 0 Å². The number of aromatic nitrogens is 1. The number of aliphatic hydroxyl groups is 1. The fraction of sp³-hybridized carbons (Fsp3) is 0.385. The molecule has 4 nitrogen and oxygen atoms in total. The Hall–Kier alpha value is -1.86. The van der Waals surface area contributed by atoms with Crippen LogP contribution in [0.5, 0.6) is 0 Å². The molecule has 1 heterocycles. The largest absolute Gasteiger partial charge is 0.384 e. The molecule has 0 unspecified atom stereocenters. The molecule has 1 N–H and O–H groups in total. The third-order valence-corrected chi connectivity index (χ3v) is 2.39. The first-order chi connectivity index (χ1) is 8.06. The van der Waals surface area contributed by atoms with Gasteiger partial charge in [-0.2, -0.15) is 0 Å². The number of rotatable bonds is 2. The minimum Gasteiger partial charge on any atom is -0.384 e. The molecule has 1 rings (SSSR count). The van der Waals surface area contributed by atoms with Crippen LogP contribution in [0.15, 0.2) is 18.5 Å². The van der Waals surface area contributed by atoms with E-state index in [4.69, 9.17) is 5.11 Å². The molecule has 0 aromatic carbocycles. The molecule has 1 amide bonds. The highest BCUT2D eigenvalue weighted by atomic mass is 16.2. The molecule has 1 aromatic heterocycles. The van der Waals surface area contributed by atoms with E-state index in [-0.39, 0.29) is 18.6 Å². The van der Waals surface area contributed by atoms with Gasteiger partial charge < -0.3 is 10.0 Å². The lowest BCUT2D eigenvalue weighted by Gasteiger charge is -2.21. The molecule has 0 fully saturated rings. The molecule has 0 radical (unpaired) electrons. The van der Waals surface area contributed by atoms with E-state index in [0.717, 1.165) is 0 Å². The topological polar surface area (TPSA) is 53.4 Å². The summed E-state index contributed by atoms with van der Waals surface area (Å²) >= 11 is 0. The Morgan fingerprint density at radius 3 is 2.82 bits per heavy atom. The molecule has 4 heteroatoms. The van der Waals surface area contributed by atoms with Crippen molar-refractivity contribution >= 4 is 5.91 Å². The Morgan fingerprint density at radius 1 is 1.53 bits per heavy atom. The average Bonchev–Trinajstić information content (AvgIpc) is 2.34. The molecule has 0 bridgehead atoms. The Kier molecular flexibility index (Phi) is 4.68. The van der Waals surface area contributed by atoms with Gasteiger partial charge in [0.1, 0.15) is 6.61 Å². The molecular weight excluding hydrogens is 216 g/mol. The normalized spacial score (nSPS) is 9.71. The van der Waals surface area contributed by atoms with E-state index < -0.39 is 0 Å². The van der Waals surface area contributed by atoms with Gasteiger partial charge in [0, 0.05) is 31.0 Å². The molecule has 0 atom stereocenters. The lowest BCUT2D eigenvalue weighted by molar-refractivity contribution is 0.0754. The Bertz CT molecular complexity index is 458. The van der Waals surface area contributed by atoms with Gasteiger partial charge in [0.15, 0.2) is 0 Å². The van der Waals surface area contributed by atoms with Crippen molar-refractivity contribution in [2.75, 3.05) is 13.7 Å². The highest BCUT2D eigenvalue weighted by molar-refractivity contribution is 5.94. The van der Waals surface area contributed by atoms with Crippen molar-refractivity contribution in [1.82, 2.24) is 9.88 Å². The van der Waals surface area contributed by atoms with Gasteiger partial charge in [0.2, 0.25) is 0 Å². The van der Waals surface area contributed by atoms with Crippen molar-refractivity contribution in [3.8, 4) is 11.8 Å². The second-order valence-electron chi connectivity index (χ2n) is 3.93. The van der Waals surface area contributed by atoms with E-state index in [2.05, 4.69) is 16.8 Å². The summed E-state index contributed by atoms with van der Waals surface area (Å²) in [5.41, 5.74) is 1.13. The molecule has 0 saturated carbocycles. The van der Waals surface area contributed by atoms with Crippen LogP contribution in [0.3, 0.4) is 0 Å². The van der Waals surface area contributed by atoms with Crippen LogP contribution < -0.4 is 0 Å². The first-order valence-corrected chi connectivity index (χ1v) is 5.38. The molecule has 0 aliphatic carbocycles. The Morgan fingerprint density at radius 2 is 2.24 bits per heavy atom. The van der Waals surface area contributed by atoms with Gasteiger partial charge in [-0.15, -0.1) is 0 Å². The van der Waals surface area contributed by atoms with Crippen molar-refractivity contribution < 1.29 is 9.90 Å². The monoisotopic (exact) mass is 232 g/mol. The second kappa shape index (κ2) is 6.02. The van der Waals surface area contributed by atoms with Crippen LogP contribution in [0.1, 0.15) is 29.8 Å². The van der Waals surface area contributed by atoms with E-state index in [9.17, 15) is 4.79 Å². The number of nitrogens with zero attached hydrogens (tertiary/aromatic N) is 2. The van der Waals surface area contributed by atoms with Gasteiger partial charge in [-0.05, 0) is 19.9 Å². The molecule has 0 aliphatic heterocycles. The molecule has 1 aromatic rings. The van der Waals surface area contributed by atoms with Crippen molar-refractivity contribution in [3.05, 3.63) is 29.6 Å². The number of carbonyl (C=O) groups excluding carboxylic acids is 1. The molecular formula is C13H16N2O2. The fourth-order valence-electron chi connectivity index (χ4n) is 1.20. The number of carbonyl (C=O) groups is 1. The quantitative estimate of drug-likeness (QED) is 0.771. The average molecular weight is 232 g/mol. The van der Waals surface area contributed by atoms with Gasteiger partial charge >= 0.3 is 0 Å². The van der Waals surface area contributed by atoms with Crippen molar-refractivity contribution in [3.63, 3.8) is 0 Å². The Labute approximate surface area is 101 Å². The van der Waals surface area contributed by atoms with E-state index in [0.29, 0.717) is 11.1 Å². The third-order valence-electron chi connectivity index (χ3n) is 2.39. The maximum atomic E-state index is 12.0. The Balaban J connectivity index is 2.95. The summed E-state index contributed by atoms with van der Waals surface area (Å²) in [5.74, 6) is 5.16. The van der Waals surface area contributed by atoms with Gasteiger partial charge in [-0.1, -0.05) is 11.8 Å². The summed E-state index contributed by atoms with van der Waals surface area (Å²) < 4.78 is 0. The zero-order valence-corrected chi connectivity index (χ0v) is 10.3. The van der Waals surface area contributed by atoms with Crippen LogP contribution in [0, 0.1) is 11.8 Å². The first kappa shape index (κ1) is 13.2. The summed E-state index contributed by atoms with van der Waals surface area (Å²) in [7, 11) is 1.75. The molecule has 0 spiro atoms. The number of aliphatic hydroxyl groups excluding tert-OH is 1. The SMILES string of the molecule is CC(C)N(C)C(=O)c1cncc(C#CCO)c1. The smallest absolute Gasteiger partial charge is 0.255 e. The first-order valence-electron chi connectivity index (χ1n) is 5.38. The third kappa shape index (κ3) is 3.58. The number of hydrogen-bond acceptors (Lipinski definition) is 3. The predicted molar refractivity (Wildman–Crippen MR) is 65.4 cm³/mol. The zero-order chi connectivity index (χ0) is 12.8. The summed E-state index contributed by atoms with van der Waals surface area (Å²) in [5, 5.41) is 8.60. The molecule has 17 heavy (non-hydrogen) atoms. The van der Waals surface area contributed by atoms with Crippen LogP contribution in [-0.2, 0) is 0 Å². The number of amides is 1. The summed E-state index contributed by atoms with van der Waals surface area (Å²) in [4.78, 5) is 17.6. The predicted octanol–water partition coefficient (Wildman–Crippen LogP) is 0.906. The van der Waals surface area contributed by atoms with E-state index in [1.807, 2.05) is 13.8 Å². The molecule has 90 valence electrons. The summed E-state index contributed by atoms with van der Waals surface area (Å²) in [6.07, 6.45) is 3.08. The van der Waals surface area contributed by atoms with Gasteiger partial charge in [-0.25, -0.2) is 0 Å². The van der Waals surface area contributed by atoms with Gasteiger partial charge in [-0.3, -0.25) is 9.78 Å². The van der Waals surface area contributed by atoms with E-state index >= 15 is 0 Å². The zero-order valence-electron chi connectivity index (χ0n) is 10.3. The second-order valence-corrected chi connectivity index (χ2v) is 3.93. The highest BCUT2D eigenvalue weighted by Gasteiger charge is 2.14. The van der Waals surface area contributed by atoms with Crippen molar-refractivity contribution in [1.29, 1.82) is 0 Å². The fourth-order valence-corrected chi connectivity index (χ4v) is 1.20. The van der Waals surface area contributed by atoms with Crippen LogP contribution in [-0.4, -0.2) is 40.6 Å². The van der Waals surface area contributed by atoms with Crippen molar-refractivity contribution in [2.45, 2.75) is 19.9 Å². The lowest BCUT2D eigenvalue weighted by atomic mass is 10.1. The lowest BCUT2D eigenvalue weighted by Crippen LogP contribution is -2.33. The minimum atomic E-state index is -0.204. The van der Waals surface area contributed by atoms with E-state index in [1.54, 1.807) is 24.2 Å². The maximum absolute atomic E-state index is 12.0. The van der Waals surface area contributed by atoms with Crippen LogP contribution >= 0.6 is 0 Å². The van der Waals surface area contributed by atoms with Gasteiger partial charge in [0.05, 0.1) is 5.56 Å². The summed E-state index contributed by atoms with van der Waals surface area (Å²) in [6, 6.07) is 1.81. The highest BCUT2D eigenvalue weighted by Crippen LogP contribution is 2.07.